The molecule has 2 atom stereocenters. The van der Waals surface area contributed by atoms with Gasteiger partial charge in [-0.05, 0) is 34.7 Å². The van der Waals surface area contributed by atoms with Crippen LogP contribution in [0, 0.1) is 0 Å². The predicted octanol–water partition coefficient (Wildman–Crippen LogP) is 3.12. The molecule has 1 fully saturated rings. The molecule has 0 radical (unpaired) electrons. The highest BCUT2D eigenvalue weighted by molar-refractivity contribution is 5.98. The number of piperazine rings is 1. The molecule has 4 amide bonds. The number of nitrogens with one attached hydrogen (secondary N) is 3. The molecule has 3 N–H and O–H groups in total. The average Bonchev–Trinajstić information content (AvgIpc) is 3.41. The Labute approximate surface area is 244 Å². The van der Waals surface area contributed by atoms with E-state index in [-0.39, 0.29) is 37.2 Å². The number of rotatable bonds is 10. The molecule has 1 aliphatic rings. The normalized spacial score (nSPS) is 15.8. The molecular formula is C33H35N5O4. The number of nitrogens with zero attached hydrogens (tertiary/aromatic N) is 2. The van der Waals surface area contributed by atoms with E-state index in [4.69, 9.17) is 0 Å². The number of aromatic nitrogens is 1. The second-order valence-electron chi connectivity index (χ2n) is 10.6. The summed E-state index contributed by atoms with van der Waals surface area (Å²) < 4.78 is 0. The Balaban J connectivity index is 1.35. The van der Waals surface area contributed by atoms with Crippen molar-refractivity contribution >= 4 is 34.5 Å². The summed E-state index contributed by atoms with van der Waals surface area (Å²) >= 11 is 0. The standard InChI is InChI=1S/C33H35N5O4/c1-3-22-11-7-8-14-24(22)19-37(2)32(41)28(17-25-18-34-27-16-10-9-15-26(25)27)35-29(39)20-38-21-30(40)36-31(33(38)42)23-12-5-4-6-13-23/h4-16,18,28,31,34H,3,17,19-21H2,1-2H3,(H,35,39)(H,36,40). The third kappa shape index (κ3) is 6.35. The smallest absolute Gasteiger partial charge is 0.250 e. The number of hydrogen-bond donors (Lipinski definition) is 3. The number of likely N-dealkylation sites (N-methyl/N-ethyl adjacent to an activating group) is 1. The number of aromatic amines is 1. The number of amides is 4. The van der Waals surface area contributed by atoms with Crippen LogP contribution in [0.15, 0.2) is 85.1 Å². The Kier molecular flexibility index (Phi) is 8.66. The first-order valence-corrected chi connectivity index (χ1v) is 14.1. The third-order valence-corrected chi connectivity index (χ3v) is 7.68. The van der Waals surface area contributed by atoms with Gasteiger partial charge in [-0.3, -0.25) is 19.2 Å². The summed E-state index contributed by atoms with van der Waals surface area (Å²) in [7, 11) is 1.73. The molecule has 0 saturated carbocycles. The summed E-state index contributed by atoms with van der Waals surface area (Å²) in [5.41, 5.74) is 4.67. The molecule has 9 nitrogen and oxygen atoms in total. The molecule has 0 spiro atoms. The van der Waals surface area contributed by atoms with Gasteiger partial charge in [0.25, 0.3) is 5.91 Å². The zero-order valence-corrected chi connectivity index (χ0v) is 23.8. The first kappa shape index (κ1) is 28.6. The van der Waals surface area contributed by atoms with Gasteiger partial charge >= 0.3 is 0 Å². The molecule has 2 unspecified atom stereocenters. The van der Waals surface area contributed by atoms with E-state index in [1.165, 1.54) is 4.90 Å². The molecule has 1 saturated heterocycles. The number of aryl methyl sites for hydroxylation is 1. The van der Waals surface area contributed by atoms with Gasteiger partial charge in [0.05, 0.1) is 0 Å². The quantitative estimate of drug-likeness (QED) is 0.274. The van der Waals surface area contributed by atoms with Crippen LogP contribution in [0.25, 0.3) is 10.9 Å². The Bertz CT molecular complexity index is 1600. The van der Waals surface area contributed by atoms with Crippen LogP contribution in [0.3, 0.4) is 0 Å². The first-order chi connectivity index (χ1) is 20.3. The number of carbonyl (C=O) groups excluding carboxylic acids is 4. The fourth-order valence-electron chi connectivity index (χ4n) is 5.50. The van der Waals surface area contributed by atoms with E-state index >= 15 is 0 Å². The van der Waals surface area contributed by atoms with Crippen molar-refractivity contribution in [1.82, 2.24) is 25.4 Å². The third-order valence-electron chi connectivity index (χ3n) is 7.68. The lowest BCUT2D eigenvalue weighted by Gasteiger charge is -2.33. The summed E-state index contributed by atoms with van der Waals surface area (Å²) in [6, 6.07) is 22.9. The fraction of sp³-hybridized carbons (Fsp3) is 0.273. The van der Waals surface area contributed by atoms with Gasteiger partial charge in [0.2, 0.25) is 17.7 Å². The molecule has 216 valence electrons. The van der Waals surface area contributed by atoms with E-state index in [9.17, 15) is 19.2 Å². The van der Waals surface area contributed by atoms with E-state index in [0.717, 1.165) is 34.0 Å². The van der Waals surface area contributed by atoms with Gasteiger partial charge in [0, 0.05) is 37.1 Å². The van der Waals surface area contributed by atoms with Crippen LogP contribution in [0.4, 0.5) is 0 Å². The fourth-order valence-corrected chi connectivity index (χ4v) is 5.50. The van der Waals surface area contributed by atoms with E-state index in [1.807, 2.05) is 60.8 Å². The maximum absolute atomic E-state index is 13.8. The molecule has 0 bridgehead atoms. The van der Waals surface area contributed by atoms with E-state index in [0.29, 0.717) is 12.1 Å². The van der Waals surface area contributed by atoms with Crippen LogP contribution >= 0.6 is 0 Å². The summed E-state index contributed by atoms with van der Waals surface area (Å²) in [4.78, 5) is 59.0. The second-order valence-corrected chi connectivity index (χ2v) is 10.6. The number of benzene rings is 3. The van der Waals surface area contributed by atoms with Gasteiger partial charge in [-0.2, -0.15) is 0 Å². The van der Waals surface area contributed by atoms with Crippen molar-refractivity contribution in [3.05, 3.63) is 107 Å². The van der Waals surface area contributed by atoms with Crippen molar-refractivity contribution in [2.45, 2.75) is 38.4 Å². The van der Waals surface area contributed by atoms with Crippen LogP contribution in [0.2, 0.25) is 0 Å². The minimum Gasteiger partial charge on any atom is -0.361 e. The van der Waals surface area contributed by atoms with Crippen LogP contribution in [-0.2, 0) is 38.6 Å². The number of para-hydroxylation sites is 1. The number of carbonyl (C=O) groups is 4. The summed E-state index contributed by atoms with van der Waals surface area (Å²) in [5, 5.41) is 6.56. The highest BCUT2D eigenvalue weighted by Gasteiger charge is 2.35. The SMILES string of the molecule is CCc1ccccc1CN(C)C(=O)C(Cc1c[nH]c2ccccc12)NC(=O)CN1CC(=O)NC(c2ccccc2)C1=O. The molecule has 1 aromatic heterocycles. The largest absolute Gasteiger partial charge is 0.361 e. The van der Waals surface area contributed by atoms with E-state index < -0.39 is 18.0 Å². The lowest BCUT2D eigenvalue weighted by molar-refractivity contribution is -0.147. The molecule has 3 aromatic carbocycles. The molecule has 42 heavy (non-hydrogen) atoms. The van der Waals surface area contributed by atoms with Crippen molar-refractivity contribution in [2.24, 2.45) is 0 Å². The van der Waals surface area contributed by atoms with Crippen LogP contribution < -0.4 is 10.6 Å². The molecule has 1 aliphatic heterocycles. The van der Waals surface area contributed by atoms with E-state index in [2.05, 4.69) is 22.5 Å². The van der Waals surface area contributed by atoms with Gasteiger partial charge in [0.1, 0.15) is 25.2 Å². The zero-order chi connectivity index (χ0) is 29.6. The van der Waals surface area contributed by atoms with Crippen LogP contribution in [-0.4, -0.2) is 64.6 Å². The molecule has 0 aliphatic carbocycles. The van der Waals surface area contributed by atoms with Crippen molar-refractivity contribution in [1.29, 1.82) is 0 Å². The lowest BCUT2D eigenvalue weighted by Crippen LogP contribution is -2.57. The summed E-state index contributed by atoms with van der Waals surface area (Å²) in [6.45, 7) is 1.90. The Morgan fingerprint density at radius 1 is 0.952 bits per heavy atom. The van der Waals surface area contributed by atoms with Gasteiger partial charge in [0.15, 0.2) is 0 Å². The number of H-pyrrole nitrogens is 1. The zero-order valence-electron chi connectivity index (χ0n) is 23.8. The average molecular weight is 566 g/mol. The van der Waals surface area contributed by atoms with Crippen molar-refractivity contribution in [3.63, 3.8) is 0 Å². The molecule has 9 heteroatoms. The molecule has 2 heterocycles. The van der Waals surface area contributed by atoms with Crippen molar-refractivity contribution < 1.29 is 19.2 Å². The van der Waals surface area contributed by atoms with Gasteiger partial charge in [-0.1, -0.05) is 79.7 Å². The Morgan fingerprint density at radius 2 is 1.64 bits per heavy atom. The molecule has 5 rings (SSSR count). The summed E-state index contributed by atoms with van der Waals surface area (Å²) in [6.07, 6.45) is 2.96. The lowest BCUT2D eigenvalue weighted by atomic mass is 10.0. The summed E-state index contributed by atoms with van der Waals surface area (Å²) in [5.74, 6) is -1.48. The maximum Gasteiger partial charge on any atom is 0.250 e. The van der Waals surface area contributed by atoms with E-state index in [1.54, 1.807) is 36.2 Å². The van der Waals surface area contributed by atoms with Gasteiger partial charge in [-0.15, -0.1) is 0 Å². The monoisotopic (exact) mass is 565 g/mol. The van der Waals surface area contributed by atoms with Crippen LogP contribution in [0.5, 0.6) is 0 Å². The highest BCUT2D eigenvalue weighted by Crippen LogP contribution is 2.21. The van der Waals surface area contributed by atoms with Gasteiger partial charge < -0.3 is 25.4 Å². The highest BCUT2D eigenvalue weighted by atomic mass is 16.2. The van der Waals surface area contributed by atoms with Crippen molar-refractivity contribution in [2.75, 3.05) is 20.1 Å². The topological polar surface area (TPSA) is 115 Å². The molecule has 4 aromatic rings. The Hall–Kier alpha value is -4.92. The number of fused-ring (bicyclic) bond motifs is 1. The van der Waals surface area contributed by atoms with Crippen LogP contribution in [0.1, 0.15) is 35.2 Å². The molecular weight excluding hydrogens is 530 g/mol. The minimum absolute atomic E-state index is 0.232. The first-order valence-electron chi connectivity index (χ1n) is 14.1. The predicted molar refractivity (Wildman–Crippen MR) is 160 cm³/mol. The minimum atomic E-state index is -0.880. The number of hydrogen-bond acceptors (Lipinski definition) is 4. The van der Waals surface area contributed by atoms with Gasteiger partial charge in [-0.25, -0.2) is 0 Å². The maximum atomic E-state index is 13.8. The van der Waals surface area contributed by atoms with Crippen molar-refractivity contribution in [3.8, 4) is 0 Å². The Morgan fingerprint density at radius 3 is 2.40 bits per heavy atom. The second kappa shape index (κ2) is 12.7.